The van der Waals surface area contributed by atoms with E-state index in [1.165, 1.54) is 6.07 Å². The van der Waals surface area contributed by atoms with E-state index in [9.17, 15) is 9.59 Å². The predicted molar refractivity (Wildman–Crippen MR) is 105 cm³/mol. The third-order valence-electron chi connectivity index (χ3n) is 4.19. The number of hydrogen-bond donors (Lipinski definition) is 1. The molecule has 0 aliphatic heterocycles. The van der Waals surface area contributed by atoms with Crippen LogP contribution in [0.3, 0.4) is 0 Å². The molecule has 6 nitrogen and oxygen atoms in total. The number of carbonyl (C=O) groups is 1. The van der Waals surface area contributed by atoms with Crippen LogP contribution in [0.25, 0.3) is 11.3 Å². The van der Waals surface area contributed by atoms with E-state index in [0.717, 1.165) is 27.1 Å². The molecule has 0 fully saturated rings. The van der Waals surface area contributed by atoms with E-state index in [1.807, 2.05) is 56.3 Å². The summed E-state index contributed by atoms with van der Waals surface area (Å²) < 4.78 is 6.38. The number of aromatic nitrogens is 2. The molecule has 3 aromatic rings. The summed E-state index contributed by atoms with van der Waals surface area (Å²) in [5, 5.41) is 7.17. The highest BCUT2D eigenvalue weighted by Crippen LogP contribution is 2.21. The van der Waals surface area contributed by atoms with E-state index >= 15 is 0 Å². The summed E-state index contributed by atoms with van der Waals surface area (Å²) in [4.78, 5) is 24.5. The topological polar surface area (TPSA) is 73.2 Å². The molecule has 0 bridgehead atoms. The first-order valence-corrected chi connectivity index (χ1v) is 8.56. The van der Waals surface area contributed by atoms with Crippen LogP contribution in [0.5, 0.6) is 5.75 Å². The summed E-state index contributed by atoms with van der Waals surface area (Å²) in [6.45, 7) is 3.71. The number of methoxy groups -OCH3 is 1. The third-order valence-corrected chi connectivity index (χ3v) is 4.19. The van der Waals surface area contributed by atoms with Crippen LogP contribution in [0, 0.1) is 13.8 Å². The molecule has 0 saturated heterocycles. The lowest BCUT2D eigenvalue weighted by Crippen LogP contribution is -2.29. The number of nitrogens with zero attached hydrogens (tertiary/aromatic N) is 2. The lowest BCUT2D eigenvalue weighted by Gasteiger charge is -2.11. The van der Waals surface area contributed by atoms with Gasteiger partial charge in [-0.25, -0.2) is 4.68 Å². The normalized spacial score (nSPS) is 10.5. The number of amides is 1. The average Bonchev–Trinajstić information content (AvgIpc) is 2.66. The highest BCUT2D eigenvalue weighted by Gasteiger charge is 2.10. The fourth-order valence-electron chi connectivity index (χ4n) is 2.69. The Kier molecular flexibility index (Phi) is 5.35. The minimum Gasteiger partial charge on any atom is -0.497 e. The Hall–Kier alpha value is -3.41. The van der Waals surface area contributed by atoms with Crippen molar-refractivity contribution in [1.29, 1.82) is 0 Å². The van der Waals surface area contributed by atoms with Gasteiger partial charge < -0.3 is 10.1 Å². The molecule has 0 radical (unpaired) electrons. The van der Waals surface area contributed by atoms with Gasteiger partial charge in [-0.05, 0) is 49.2 Å². The molecule has 3 rings (SSSR count). The molecule has 1 N–H and O–H groups in total. The van der Waals surface area contributed by atoms with Gasteiger partial charge in [0.05, 0.1) is 12.8 Å². The first-order chi connectivity index (χ1) is 13.0. The molecular weight excluding hydrogens is 342 g/mol. The molecule has 0 unspecified atom stereocenters. The van der Waals surface area contributed by atoms with Gasteiger partial charge in [0.1, 0.15) is 12.3 Å². The number of aryl methyl sites for hydroxylation is 2. The molecule has 0 spiro atoms. The van der Waals surface area contributed by atoms with Gasteiger partial charge in [0.2, 0.25) is 5.91 Å². The minimum atomic E-state index is -0.335. The molecule has 138 valence electrons. The molecule has 0 aliphatic carbocycles. The van der Waals surface area contributed by atoms with E-state index in [0.29, 0.717) is 11.4 Å². The standard InChI is InChI=1S/C21H21N3O3/c1-14-7-8-15(2)19(11-14)22-20(25)13-24-21(26)10-9-18(23-24)16-5-4-6-17(12-16)27-3/h4-12H,13H2,1-3H3,(H,22,25). The van der Waals surface area contributed by atoms with Crippen LogP contribution < -0.4 is 15.6 Å². The number of carbonyl (C=O) groups excluding carboxylic acids is 1. The van der Waals surface area contributed by atoms with Crippen LogP contribution in [-0.2, 0) is 11.3 Å². The maximum Gasteiger partial charge on any atom is 0.267 e. The summed E-state index contributed by atoms with van der Waals surface area (Å²) in [5.74, 6) is 0.390. The Labute approximate surface area is 157 Å². The highest BCUT2D eigenvalue weighted by atomic mass is 16.5. The zero-order valence-corrected chi connectivity index (χ0v) is 15.5. The second-order valence-electron chi connectivity index (χ2n) is 6.31. The Bertz CT molecular complexity index is 1040. The Morgan fingerprint density at radius 2 is 1.93 bits per heavy atom. The van der Waals surface area contributed by atoms with Gasteiger partial charge in [-0.15, -0.1) is 0 Å². The van der Waals surface area contributed by atoms with Crippen molar-refractivity contribution in [3.8, 4) is 17.0 Å². The van der Waals surface area contributed by atoms with Gasteiger partial charge in [0.15, 0.2) is 0 Å². The van der Waals surface area contributed by atoms with Crippen LogP contribution >= 0.6 is 0 Å². The molecule has 0 atom stereocenters. The van der Waals surface area contributed by atoms with Crippen molar-refractivity contribution in [1.82, 2.24) is 9.78 Å². The second kappa shape index (κ2) is 7.86. The summed E-state index contributed by atoms with van der Waals surface area (Å²) in [6.07, 6.45) is 0. The average molecular weight is 363 g/mol. The zero-order valence-electron chi connectivity index (χ0n) is 15.5. The van der Waals surface area contributed by atoms with Crippen LogP contribution in [0.4, 0.5) is 5.69 Å². The van der Waals surface area contributed by atoms with Gasteiger partial charge >= 0.3 is 0 Å². The van der Waals surface area contributed by atoms with Crippen molar-refractivity contribution in [3.05, 3.63) is 76.1 Å². The number of ether oxygens (including phenoxy) is 1. The first kappa shape index (κ1) is 18.4. The van der Waals surface area contributed by atoms with E-state index in [1.54, 1.807) is 13.2 Å². The fraction of sp³-hybridized carbons (Fsp3) is 0.190. The molecule has 1 heterocycles. The smallest absolute Gasteiger partial charge is 0.267 e. The number of anilines is 1. The summed E-state index contributed by atoms with van der Waals surface area (Å²) >= 11 is 0. The van der Waals surface area contributed by atoms with Crippen molar-refractivity contribution in [2.24, 2.45) is 0 Å². The van der Waals surface area contributed by atoms with E-state index in [2.05, 4.69) is 10.4 Å². The second-order valence-corrected chi connectivity index (χ2v) is 6.31. The van der Waals surface area contributed by atoms with Crippen LogP contribution in [-0.4, -0.2) is 22.8 Å². The molecular formula is C21H21N3O3. The summed E-state index contributed by atoms with van der Waals surface area (Å²) in [5.41, 5.74) is 3.80. The van der Waals surface area contributed by atoms with Gasteiger partial charge in [-0.2, -0.15) is 5.10 Å². The maximum absolute atomic E-state index is 12.4. The predicted octanol–water partition coefficient (Wildman–Crippen LogP) is 3.17. The monoisotopic (exact) mass is 363 g/mol. The molecule has 6 heteroatoms. The molecule has 2 aromatic carbocycles. The number of benzene rings is 2. The molecule has 1 amide bonds. The maximum atomic E-state index is 12.4. The molecule has 27 heavy (non-hydrogen) atoms. The van der Waals surface area contributed by atoms with Gasteiger partial charge in [0, 0.05) is 17.3 Å². The number of nitrogens with one attached hydrogen (secondary N) is 1. The van der Waals surface area contributed by atoms with Gasteiger partial charge in [-0.1, -0.05) is 24.3 Å². The number of rotatable bonds is 5. The Balaban J connectivity index is 1.83. The number of hydrogen-bond acceptors (Lipinski definition) is 4. The Morgan fingerprint density at radius 3 is 2.70 bits per heavy atom. The largest absolute Gasteiger partial charge is 0.497 e. The van der Waals surface area contributed by atoms with Crippen molar-refractivity contribution in [2.45, 2.75) is 20.4 Å². The third kappa shape index (κ3) is 4.41. The SMILES string of the molecule is COc1cccc(-c2ccc(=O)n(CC(=O)Nc3cc(C)ccc3C)n2)c1. The van der Waals surface area contributed by atoms with Crippen LogP contribution in [0.2, 0.25) is 0 Å². The quantitative estimate of drug-likeness (QED) is 0.756. The van der Waals surface area contributed by atoms with Crippen molar-refractivity contribution >= 4 is 11.6 Å². The lowest BCUT2D eigenvalue weighted by atomic mass is 10.1. The fourth-order valence-corrected chi connectivity index (χ4v) is 2.69. The van der Waals surface area contributed by atoms with Crippen molar-refractivity contribution < 1.29 is 9.53 Å². The van der Waals surface area contributed by atoms with E-state index < -0.39 is 0 Å². The highest BCUT2D eigenvalue weighted by molar-refractivity contribution is 5.91. The first-order valence-electron chi connectivity index (χ1n) is 8.56. The molecule has 1 aromatic heterocycles. The van der Waals surface area contributed by atoms with E-state index in [4.69, 9.17) is 4.74 Å². The van der Waals surface area contributed by atoms with Gasteiger partial charge in [-0.3, -0.25) is 9.59 Å². The van der Waals surface area contributed by atoms with Crippen LogP contribution in [0.15, 0.2) is 59.4 Å². The molecule has 0 saturated carbocycles. The summed E-state index contributed by atoms with van der Waals surface area (Å²) in [7, 11) is 1.59. The Morgan fingerprint density at radius 1 is 1.11 bits per heavy atom. The minimum absolute atomic E-state index is 0.163. The van der Waals surface area contributed by atoms with Crippen molar-refractivity contribution in [2.75, 3.05) is 12.4 Å². The zero-order chi connectivity index (χ0) is 19.4. The summed E-state index contributed by atoms with van der Waals surface area (Å²) in [6, 6.07) is 16.2. The van der Waals surface area contributed by atoms with E-state index in [-0.39, 0.29) is 18.0 Å². The lowest BCUT2D eigenvalue weighted by molar-refractivity contribution is -0.117. The van der Waals surface area contributed by atoms with Crippen LogP contribution in [0.1, 0.15) is 11.1 Å². The molecule has 0 aliphatic rings. The van der Waals surface area contributed by atoms with Gasteiger partial charge in [0.25, 0.3) is 5.56 Å². The van der Waals surface area contributed by atoms with Crippen molar-refractivity contribution in [3.63, 3.8) is 0 Å².